The summed E-state index contributed by atoms with van der Waals surface area (Å²) < 4.78 is 11.6. The molecule has 0 unspecified atom stereocenters. The van der Waals surface area contributed by atoms with E-state index in [1.54, 1.807) is 4.90 Å². The van der Waals surface area contributed by atoms with E-state index in [9.17, 15) is 4.79 Å². The minimum Gasteiger partial charge on any atom is -0.488 e. The zero-order valence-corrected chi connectivity index (χ0v) is 14.0. The van der Waals surface area contributed by atoms with Gasteiger partial charge in [-0.1, -0.05) is 12.1 Å². The lowest BCUT2D eigenvalue weighted by Gasteiger charge is -2.33. The predicted octanol–water partition coefficient (Wildman–Crippen LogP) is 3.95. The van der Waals surface area contributed by atoms with Gasteiger partial charge in [-0.2, -0.15) is 0 Å². The third-order valence-corrected chi connectivity index (χ3v) is 3.94. The quantitative estimate of drug-likeness (QED) is 0.913. The predicted molar refractivity (Wildman–Crippen MR) is 89.8 cm³/mol. The first kappa shape index (κ1) is 15.7. The van der Waals surface area contributed by atoms with E-state index in [1.807, 2.05) is 45.2 Å². The van der Waals surface area contributed by atoms with Gasteiger partial charge in [-0.25, -0.2) is 4.79 Å². The summed E-state index contributed by atoms with van der Waals surface area (Å²) in [5.41, 5.74) is 0.579. The Morgan fingerprint density at radius 2 is 1.96 bits per heavy atom. The van der Waals surface area contributed by atoms with Crippen LogP contribution in [-0.2, 0) is 4.74 Å². The molecule has 0 spiro atoms. The number of carbonyl (C=O) groups is 1. The number of nitrogens with one attached hydrogen (secondary N) is 1. The van der Waals surface area contributed by atoms with Gasteiger partial charge < -0.3 is 19.4 Å². The summed E-state index contributed by atoms with van der Waals surface area (Å²) in [6.45, 7) is 6.99. The maximum Gasteiger partial charge on any atom is 0.410 e. The van der Waals surface area contributed by atoms with Gasteiger partial charge in [0.25, 0.3) is 0 Å². The van der Waals surface area contributed by atoms with Crippen LogP contribution in [0.5, 0.6) is 5.75 Å². The number of aromatic amines is 1. The molecule has 124 valence electrons. The number of amides is 1. The van der Waals surface area contributed by atoms with E-state index in [0.717, 1.165) is 29.5 Å². The number of fused-ring (bicyclic) bond motifs is 1. The molecule has 1 amide bonds. The molecule has 1 fully saturated rings. The summed E-state index contributed by atoms with van der Waals surface area (Å²) in [5.74, 6) is 0.878. The van der Waals surface area contributed by atoms with Crippen molar-refractivity contribution in [2.75, 3.05) is 13.1 Å². The molecule has 1 aliphatic heterocycles. The Hall–Kier alpha value is -2.17. The lowest BCUT2D eigenvalue weighted by Crippen LogP contribution is -2.44. The van der Waals surface area contributed by atoms with Crippen LogP contribution in [0.3, 0.4) is 0 Å². The van der Waals surface area contributed by atoms with Crippen molar-refractivity contribution in [3.63, 3.8) is 0 Å². The number of aromatic nitrogens is 1. The summed E-state index contributed by atoms with van der Waals surface area (Å²) >= 11 is 0. The molecule has 1 aromatic heterocycles. The SMILES string of the molecule is CC(C)(C)OC(=O)N1CCC(Oc2cccc3cc[nH]c23)CC1. The van der Waals surface area contributed by atoms with E-state index in [2.05, 4.69) is 11.1 Å². The monoisotopic (exact) mass is 316 g/mol. The number of piperidine rings is 1. The molecule has 1 aliphatic rings. The summed E-state index contributed by atoms with van der Waals surface area (Å²) in [6, 6.07) is 8.08. The minimum absolute atomic E-state index is 0.127. The van der Waals surface area contributed by atoms with Gasteiger partial charge in [-0.15, -0.1) is 0 Å². The second kappa shape index (κ2) is 6.14. The summed E-state index contributed by atoms with van der Waals surface area (Å²) in [7, 11) is 0. The zero-order valence-electron chi connectivity index (χ0n) is 14.0. The van der Waals surface area contributed by atoms with Crippen LogP contribution in [0.25, 0.3) is 10.9 Å². The fraction of sp³-hybridized carbons (Fsp3) is 0.500. The van der Waals surface area contributed by atoms with Gasteiger partial charge in [0.2, 0.25) is 0 Å². The molecule has 5 nitrogen and oxygen atoms in total. The smallest absolute Gasteiger partial charge is 0.410 e. The van der Waals surface area contributed by atoms with Crippen LogP contribution in [0.1, 0.15) is 33.6 Å². The molecule has 3 rings (SSSR count). The van der Waals surface area contributed by atoms with E-state index in [1.165, 1.54) is 0 Å². The van der Waals surface area contributed by atoms with E-state index in [-0.39, 0.29) is 12.2 Å². The largest absolute Gasteiger partial charge is 0.488 e. The fourth-order valence-corrected chi connectivity index (χ4v) is 2.82. The lowest BCUT2D eigenvalue weighted by atomic mass is 10.1. The third-order valence-electron chi connectivity index (χ3n) is 3.94. The minimum atomic E-state index is -0.451. The van der Waals surface area contributed by atoms with Gasteiger partial charge in [0.05, 0.1) is 5.52 Å². The molecule has 0 atom stereocenters. The molecule has 0 saturated carbocycles. The Balaban J connectivity index is 1.57. The molecule has 1 saturated heterocycles. The van der Waals surface area contributed by atoms with Crippen molar-refractivity contribution in [3.8, 4) is 5.75 Å². The highest BCUT2D eigenvalue weighted by atomic mass is 16.6. The molecule has 1 aromatic carbocycles. The van der Waals surface area contributed by atoms with Crippen LogP contribution >= 0.6 is 0 Å². The Morgan fingerprint density at radius 3 is 2.65 bits per heavy atom. The maximum absolute atomic E-state index is 12.1. The maximum atomic E-state index is 12.1. The highest BCUT2D eigenvalue weighted by Gasteiger charge is 2.27. The van der Waals surface area contributed by atoms with Crippen LogP contribution < -0.4 is 4.74 Å². The van der Waals surface area contributed by atoms with E-state index >= 15 is 0 Å². The second-order valence-corrected chi connectivity index (χ2v) is 6.98. The average molecular weight is 316 g/mol. The molecule has 23 heavy (non-hydrogen) atoms. The zero-order chi connectivity index (χ0) is 16.4. The van der Waals surface area contributed by atoms with Gasteiger partial charge in [-0.05, 0) is 32.9 Å². The summed E-state index contributed by atoms with van der Waals surface area (Å²) in [6.07, 6.45) is 3.44. The van der Waals surface area contributed by atoms with Crippen LogP contribution in [0.15, 0.2) is 30.5 Å². The summed E-state index contributed by atoms with van der Waals surface area (Å²) in [5, 5.41) is 1.15. The van der Waals surface area contributed by atoms with Gasteiger partial charge >= 0.3 is 6.09 Å². The Labute approximate surface area is 136 Å². The number of H-pyrrole nitrogens is 1. The Kier molecular flexibility index (Phi) is 4.20. The van der Waals surface area contributed by atoms with Gasteiger partial charge in [0.15, 0.2) is 0 Å². The first-order valence-corrected chi connectivity index (χ1v) is 8.13. The van der Waals surface area contributed by atoms with E-state index < -0.39 is 5.60 Å². The Bertz CT molecular complexity index is 679. The van der Waals surface area contributed by atoms with Crippen molar-refractivity contribution in [1.29, 1.82) is 0 Å². The Morgan fingerprint density at radius 1 is 1.22 bits per heavy atom. The summed E-state index contributed by atoms with van der Waals surface area (Å²) in [4.78, 5) is 17.1. The first-order valence-electron chi connectivity index (χ1n) is 8.13. The fourth-order valence-electron chi connectivity index (χ4n) is 2.82. The van der Waals surface area contributed by atoms with Crippen LogP contribution in [-0.4, -0.2) is 40.8 Å². The van der Waals surface area contributed by atoms with Crippen molar-refractivity contribution in [1.82, 2.24) is 9.88 Å². The molecule has 0 radical (unpaired) electrons. The lowest BCUT2D eigenvalue weighted by molar-refractivity contribution is 0.0127. The number of hydrogen-bond acceptors (Lipinski definition) is 3. The number of rotatable bonds is 2. The topological polar surface area (TPSA) is 54.6 Å². The normalized spacial score (nSPS) is 16.6. The molecule has 5 heteroatoms. The molecule has 2 heterocycles. The molecule has 0 bridgehead atoms. The van der Waals surface area contributed by atoms with Gasteiger partial charge in [0, 0.05) is 37.5 Å². The van der Waals surface area contributed by atoms with Crippen molar-refractivity contribution in [2.45, 2.75) is 45.3 Å². The number of benzene rings is 1. The van der Waals surface area contributed by atoms with Crippen molar-refractivity contribution in [2.24, 2.45) is 0 Å². The van der Waals surface area contributed by atoms with Crippen LogP contribution in [0, 0.1) is 0 Å². The number of carbonyl (C=O) groups excluding carboxylic acids is 1. The molecule has 1 N–H and O–H groups in total. The third kappa shape index (κ3) is 3.78. The molecule has 2 aromatic rings. The van der Waals surface area contributed by atoms with Crippen molar-refractivity contribution in [3.05, 3.63) is 30.5 Å². The molecular weight excluding hydrogens is 292 g/mol. The molecular formula is C18H24N2O3. The van der Waals surface area contributed by atoms with Crippen molar-refractivity contribution >= 4 is 17.0 Å². The second-order valence-electron chi connectivity index (χ2n) is 6.98. The van der Waals surface area contributed by atoms with Crippen LogP contribution in [0.2, 0.25) is 0 Å². The van der Waals surface area contributed by atoms with E-state index in [0.29, 0.717) is 13.1 Å². The van der Waals surface area contributed by atoms with Gasteiger partial charge in [-0.3, -0.25) is 0 Å². The first-order chi connectivity index (χ1) is 10.9. The number of likely N-dealkylation sites (tertiary alicyclic amines) is 1. The van der Waals surface area contributed by atoms with Crippen LogP contribution in [0.4, 0.5) is 4.79 Å². The number of ether oxygens (including phenoxy) is 2. The highest BCUT2D eigenvalue weighted by Crippen LogP contribution is 2.27. The van der Waals surface area contributed by atoms with E-state index in [4.69, 9.17) is 9.47 Å². The highest BCUT2D eigenvalue weighted by molar-refractivity contribution is 5.85. The number of para-hydroxylation sites is 1. The standard InChI is InChI=1S/C18H24N2O3/c1-18(2,3)23-17(21)20-11-8-14(9-12-20)22-15-6-4-5-13-7-10-19-16(13)15/h4-7,10,14,19H,8-9,11-12H2,1-3H3. The average Bonchev–Trinajstić information content (AvgIpc) is 2.96. The number of nitrogens with zero attached hydrogens (tertiary/aromatic N) is 1. The van der Waals surface area contributed by atoms with Gasteiger partial charge in [0.1, 0.15) is 17.5 Å². The molecule has 0 aliphatic carbocycles. The van der Waals surface area contributed by atoms with Crippen molar-refractivity contribution < 1.29 is 14.3 Å². The number of hydrogen-bond donors (Lipinski definition) is 1.